The van der Waals surface area contributed by atoms with E-state index in [0.29, 0.717) is 16.9 Å². The van der Waals surface area contributed by atoms with E-state index in [9.17, 15) is 13.6 Å². The highest BCUT2D eigenvalue weighted by molar-refractivity contribution is 6.30. The third-order valence-electron chi connectivity index (χ3n) is 3.30. The Morgan fingerprint density at radius 3 is 2.56 bits per heavy atom. The Hall–Kier alpha value is -2.99. The Kier molecular flexibility index (Phi) is 4.90. The lowest BCUT2D eigenvalue weighted by Gasteiger charge is -2.08. The first-order valence-electron chi connectivity index (χ1n) is 7.26. The molecule has 2 N–H and O–H groups in total. The predicted molar refractivity (Wildman–Crippen MR) is 93.3 cm³/mol. The lowest BCUT2D eigenvalue weighted by Crippen LogP contribution is -2.13. The van der Waals surface area contributed by atoms with Gasteiger partial charge in [-0.05, 0) is 42.5 Å². The number of nitrogens with zero attached hydrogens (tertiary/aromatic N) is 1. The number of pyridine rings is 1. The van der Waals surface area contributed by atoms with Crippen molar-refractivity contribution in [3.8, 4) is 0 Å². The molecule has 126 valence electrons. The van der Waals surface area contributed by atoms with Crippen molar-refractivity contribution in [2.45, 2.75) is 0 Å². The molecule has 0 fully saturated rings. The minimum atomic E-state index is -0.847. The second-order valence-electron chi connectivity index (χ2n) is 5.15. The summed E-state index contributed by atoms with van der Waals surface area (Å²) in [4.78, 5) is 16.3. The second-order valence-corrected chi connectivity index (χ2v) is 5.58. The van der Waals surface area contributed by atoms with Gasteiger partial charge in [-0.25, -0.2) is 13.8 Å². The molecule has 3 aromatic rings. The summed E-state index contributed by atoms with van der Waals surface area (Å²) in [5, 5.41) is 6.00. The van der Waals surface area contributed by atoms with E-state index in [0.717, 1.165) is 17.8 Å². The van der Waals surface area contributed by atoms with Crippen molar-refractivity contribution in [1.82, 2.24) is 4.98 Å². The van der Waals surface area contributed by atoms with E-state index in [1.165, 1.54) is 12.3 Å². The van der Waals surface area contributed by atoms with Gasteiger partial charge in [-0.3, -0.25) is 4.79 Å². The van der Waals surface area contributed by atoms with Gasteiger partial charge in [0, 0.05) is 23.0 Å². The third-order valence-corrected chi connectivity index (χ3v) is 3.54. The van der Waals surface area contributed by atoms with Gasteiger partial charge in [-0.15, -0.1) is 0 Å². The Bertz CT molecular complexity index is 916. The standard InChI is InChI=1S/C18H12ClF2N3O/c19-12-2-1-3-14(8-12)23-17-7-4-11(10-22-17)18(25)24-16-6-5-13(20)9-15(16)21/h1-10H,(H,22,23)(H,24,25). The minimum absolute atomic E-state index is 0.104. The number of anilines is 3. The topological polar surface area (TPSA) is 54.0 Å². The van der Waals surface area contributed by atoms with Crippen molar-refractivity contribution >= 4 is 34.7 Å². The van der Waals surface area contributed by atoms with E-state index >= 15 is 0 Å². The number of carbonyl (C=O) groups is 1. The van der Waals surface area contributed by atoms with Gasteiger partial charge in [-0.2, -0.15) is 0 Å². The number of halogens is 3. The Morgan fingerprint density at radius 2 is 1.88 bits per heavy atom. The molecular formula is C18H12ClF2N3O. The molecule has 3 rings (SSSR count). The molecule has 1 amide bonds. The van der Waals surface area contributed by atoms with Crippen molar-refractivity contribution in [3.63, 3.8) is 0 Å². The fraction of sp³-hybridized carbons (Fsp3) is 0. The number of carbonyl (C=O) groups excluding carboxylic acids is 1. The highest BCUT2D eigenvalue weighted by atomic mass is 35.5. The molecular weight excluding hydrogens is 348 g/mol. The van der Waals surface area contributed by atoms with Gasteiger partial charge in [0.2, 0.25) is 0 Å². The van der Waals surface area contributed by atoms with E-state index in [1.807, 2.05) is 6.07 Å². The average Bonchev–Trinajstić information content (AvgIpc) is 2.58. The summed E-state index contributed by atoms with van der Waals surface area (Å²) in [7, 11) is 0. The smallest absolute Gasteiger partial charge is 0.257 e. The molecule has 2 aromatic carbocycles. The highest BCUT2D eigenvalue weighted by Crippen LogP contribution is 2.20. The number of rotatable bonds is 4. The summed E-state index contributed by atoms with van der Waals surface area (Å²) in [6.45, 7) is 0. The van der Waals surface area contributed by atoms with Crippen LogP contribution in [0.15, 0.2) is 60.8 Å². The summed E-state index contributed by atoms with van der Waals surface area (Å²) in [5.41, 5.74) is 0.887. The van der Waals surface area contributed by atoms with Gasteiger partial charge in [0.1, 0.15) is 17.5 Å². The molecule has 0 saturated heterocycles. The quantitative estimate of drug-likeness (QED) is 0.688. The maximum Gasteiger partial charge on any atom is 0.257 e. The molecule has 4 nitrogen and oxygen atoms in total. The van der Waals surface area contributed by atoms with Gasteiger partial charge in [0.25, 0.3) is 5.91 Å². The Morgan fingerprint density at radius 1 is 1.04 bits per heavy atom. The van der Waals surface area contributed by atoms with Crippen LogP contribution in [0.1, 0.15) is 10.4 Å². The normalized spacial score (nSPS) is 10.4. The Labute approximate surface area is 147 Å². The van der Waals surface area contributed by atoms with Crippen LogP contribution in [0, 0.1) is 11.6 Å². The summed E-state index contributed by atoms with van der Waals surface area (Å²) in [6, 6.07) is 13.2. The van der Waals surface area contributed by atoms with Crippen molar-refractivity contribution < 1.29 is 13.6 Å². The largest absolute Gasteiger partial charge is 0.340 e. The molecule has 0 aliphatic heterocycles. The fourth-order valence-electron chi connectivity index (χ4n) is 2.10. The first-order chi connectivity index (χ1) is 12.0. The molecule has 1 aromatic heterocycles. The SMILES string of the molecule is O=C(Nc1ccc(F)cc1F)c1ccc(Nc2cccc(Cl)c2)nc1. The van der Waals surface area contributed by atoms with Crippen LogP contribution < -0.4 is 10.6 Å². The lowest BCUT2D eigenvalue weighted by molar-refractivity contribution is 0.102. The molecule has 0 aliphatic rings. The van der Waals surface area contributed by atoms with Crippen molar-refractivity contribution in [1.29, 1.82) is 0 Å². The van der Waals surface area contributed by atoms with E-state index in [-0.39, 0.29) is 11.3 Å². The van der Waals surface area contributed by atoms with Gasteiger partial charge in [0.05, 0.1) is 11.3 Å². The number of hydrogen-bond donors (Lipinski definition) is 2. The highest BCUT2D eigenvalue weighted by Gasteiger charge is 2.10. The molecule has 0 atom stereocenters. The second kappa shape index (κ2) is 7.27. The number of nitrogens with one attached hydrogen (secondary N) is 2. The van der Waals surface area contributed by atoms with Crippen LogP contribution in [-0.2, 0) is 0 Å². The maximum absolute atomic E-state index is 13.6. The summed E-state index contributed by atoms with van der Waals surface area (Å²) in [5.74, 6) is -1.59. The average molecular weight is 360 g/mol. The van der Waals surface area contributed by atoms with Crippen LogP contribution in [-0.4, -0.2) is 10.9 Å². The van der Waals surface area contributed by atoms with Crippen LogP contribution in [0.4, 0.5) is 26.0 Å². The molecule has 0 unspecified atom stereocenters. The molecule has 0 radical (unpaired) electrons. The van der Waals surface area contributed by atoms with Crippen LogP contribution in [0.3, 0.4) is 0 Å². The summed E-state index contributed by atoms with van der Waals surface area (Å²) >= 11 is 5.91. The first kappa shape index (κ1) is 16.9. The van der Waals surface area contributed by atoms with Crippen LogP contribution >= 0.6 is 11.6 Å². The Balaban J connectivity index is 1.70. The zero-order valence-corrected chi connectivity index (χ0v) is 13.5. The molecule has 1 heterocycles. The molecule has 0 aliphatic carbocycles. The van der Waals surface area contributed by atoms with E-state index in [2.05, 4.69) is 15.6 Å². The van der Waals surface area contributed by atoms with E-state index in [4.69, 9.17) is 11.6 Å². The number of aromatic nitrogens is 1. The molecule has 0 spiro atoms. The van der Waals surface area contributed by atoms with E-state index in [1.54, 1.807) is 24.3 Å². The van der Waals surface area contributed by atoms with Crippen molar-refractivity contribution in [2.24, 2.45) is 0 Å². The third kappa shape index (κ3) is 4.30. The maximum atomic E-state index is 13.6. The van der Waals surface area contributed by atoms with Crippen molar-refractivity contribution in [2.75, 3.05) is 10.6 Å². The molecule has 7 heteroatoms. The van der Waals surface area contributed by atoms with Gasteiger partial charge in [-0.1, -0.05) is 17.7 Å². The van der Waals surface area contributed by atoms with Gasteiger partial charge < -0.3 is 10.6 Å². The van der Waals surface area contributed by atoms with Crippen LogP contribution in [0.2, 0.25) is 5.02 Å². The summed E-state index contributed by atoms with van der Waals surface area (Å²) in [6.07, 6.45) is 1.35. The zero-order chi connectivity index (χ0) is 17.8. The monoisotopic (exact) mass is 359 g/mol. The summed E-state index contributed by atoms with van der Waals surface area (Å²) < 4.78 is 26.5. The van der Waals surface area contributed by atoms with Crippen LogP contribution in [0.5, 0.6) is 0 Å². The number of hydrogen-bond acceptors (Lipinski definition) is 3. The van der Waals surface area contributed by atoms with Crippen molar-refractivity contribution in [3.05, 3.63) is 83.0 Å². The number of amides is 1. The predicted octanol–water partition coefficient (Wildman–Crippen LogP) is 5.01. The van der Waals surface area contributed by atoms with Gasteiger partial charge >= 0.3 is 0 Å². The number of benzene rings is 2. The van der Waals surface area contributed by atoms with E-state index < -0.39 is 17.5 Å². The fourth-order valence-corrected chi connectivity index (χ4v) is 2.29. The zero-order valence-electron chi connectivity index (χ0n) is 12.8. The molecule has 25 heavy (non-hydrogen) atoms. The lowest BCUT2D eigenvalue weighted by atomic mass is 10.2. The first-order valence-corrected chi connectivity index (χ1v) is 7.64. The molecule has 0 saturated carbocycles. The molecule has 0 bridgehead atoms. The minimum Gasteiger partial charge on any atom is -0.340 e. The van der Waals surface area contributed by atoms with Gasteiger partial charge in [0.15, 0.2) is 0 Å². The van der Waals surface area contributed by atoms with Crippen LogP contribution in [0.25, 0.3) is 0 Å².